The molecule has 2 rings (SSSR count). The molecule has 0 saturated heterocycles. The van der Waals surface area contributed by atoms with Crippen LogP contribution in [0.25, 0.3) is 11.3 Å². The number of benzene rings is 1. The van der Waals surface area contributed by atoms with Crippen LogP contribution in [-0.2, 0) is 0 Å². The maximum Gasteiger partial charge on any atom is 0.154 e. The summed E-state index contributed by atoms with van der Waals surface area (Å²) in [6.07, 6.45) is 0.804. The Morgan fingerprint density at radius 3 is 2.71 bits per heavy atom. The highest BCUT2D eigenvalue weighted by molar-refractivity contribution is 5.89. The summed E-state index contributed by atoms with van der Waals surface area (Å²) in [5.74, 6) is 2.10. The van der Waals surface area contributed by atoms with E-state index >= 15 is 0 Å². The first-order valence-corrected chi connectivity index (χ1v) is 5.54. The van der Waals surface area contributed by atoms with E-state index in [0.717, 1.165) is 17.6 Å². The van der Waals surface area contributed by atoms with Gasteiger partial charge in [-0.2, -0.15) is 0 Å². The molecule has 3 heteroatoms. The fourth-order valence-corrected chi connectivity index (χ4v) is 1.74. The molecule has 0 aliphatic carbocycles. The van der Waals surface area contributed by atoms with E-state index in [1.165, 1.54) is 0 Å². The molecule has 0 radical (unpaired) electrons. The Morgan fingerprint density at radius 1 is 1.29 bits per heavy atom. The van der Waals surface area contributed by atoms with E-state index < -0.39 is 0 Å². The Labute approximate surface area is 100 Å². The fraction of sp³-hybridized carbons (Fsp3) is 0.214. The normalized spacial score (nSPS) is 10.2. The molecule has 0 saturated carbocycles. The first-order chi connectivity index (χ1) is 8.26. The van der Waals surface area contributed by atoms with Gasteiger partial charge in [-0.1, -0.05) is 12.1 Å². The molecule has 1 aromatic heterocycles. The predicted molar refractivity (Wildman–Crippen MR) is 65.4 cm³/mol. The van der Waals surface area contributed by atoms with Crippen molar-refractivity contribution in [2.24, 2.45) is 0 Å². The number of ether oxygens (including phenoxy) is 1. The third kappa shape index (κ3) is 2.23. The minimum atomic E-state index is 0.529. The second-order valence-corrected chi connectivity index (χ2v) is 3.68. The van der Waals surface area contributed by atoms with Crippen molar-refractivity contribution in [3.05, 3.63) is 41.7 Å². The van der Waals surface area contributed by atoms with Crippen molar-refractivity contribution < 1.29 is 13.9 Å². The maximum atomic E-state index is 11.2. The number of aryl methyl sites for hydroxylation is 1. The molecule has 1 heterocycles. The molecule has 0 unspecified atom stereocenters. The molecule has 0 aliphatic rings. The second kappa shape index (κ2) is 4.87. The molecule has 0 N–H and O–H groups in total. The van der Waals surface area contributed by atoms with E-state index in [9.17, 15) is 4.79 Å². The molecule has 0 amide bonds. The van der Waals surface area contributed by atoms with Crippen molar-refractivity contribution in [2.45, 2.75) is 13.8 Å². The van der Waals surface area contributed by atoms with Crippen LogP contribution in [0.2, 0.25) is 0 Å². The van der Waals surface area contributed by atoms with Crippen molar-refractivity contribution in [3.8, 4) is 17.1 Å². The lowest BCUT2D eigenvalue weighted by Gasteiger charge is -2.08. The van der Waals surface area contributed by atoms with E-state index in [2.05, 4.69) is 0 Å². The van der Waals surface area contributed by atoms with Gasteiger partial charge in [0.15, 0.2) is 6.29 Å². The molecule has 0 spiro atoms. The number of hydrogen-bond donors (Lipinski definition) is 0. The number of hydrogen-bond acceptors (Lipinski definition) is 3. The Hall–Kier alpha value is -2.03. The molecule has 2 aromatic rings. The van der Waals surface area contributed by atoms with E-state index in [-0.39, 0.29) is 0 Å². The number of carbonyl (C=O) groups excluding carboxylic acids is 1. The maximum absolute atomic E-state index is 11.2. The van der Waals surface area contributed by atoms with Crippen LogP contribution >= 0.6 is 0 Å². The first kappa shape index (κ1) is 11.5. The molecule has 0 atom stereocenters. The SMILES string of the molecule is CCOc1cccc(-c2ccc(C)o2)c1C=O. The first-order valence-electron chi connectivity index (χ1n) is 5.54. The highest BCUT2D eigenvalue weighted by Gasteiger charge is 2.12. The van der Waals surface area contributed by atoms with Crippen molar-refractivity contribution >= 4 is 6.29 Å². The van der Waals surface area contributed by atoms with Gasteiger partial charge in [-0.05, 0) is 32.0 Å². The topological polar surface area (TPSA) is 39.4 Å². The standard InChI is InChI=1S/C14H14O3/c1-3-16-13-6-4-5-11(12(13)9-15)14-8-7-10(2)17-14/h4-9H,3H2,1-2H3. The number of furan rings is 1. The summed E-state index contributed by atoms with van der Waals surface area (Å²) in [4.78, 5) is 11.2. The van der Waals surface area contributed by atoms with E-state index in [1.54, 1.807) is 6.07 Å². The van der Waals surface area contributed by atoms with Gasteiger partial charge in [0.25, 0.3) is 0 Å². The van der Waals surface area contributed by atoms with Gasteiger partial charge in [-0.25, -0.2) is 0 Å². The van der Waals surface area contributed by atoms with Crippen LogP contribution in [0.3, 0.4) is 0 Å². The Balaban J connectivity index is 2.53. The van der Waals surface area contributed by atoms with Crippen LogP contribution in [-0.4, -0.2) is 12.9 Å². The van der Waals surface area contributed by atoms with Gasteiger partial charge in [0.05, 0.1) is 12.2 Å². The summed E-state index contributed by atoms with van der Waals surface area (Å²) >= 11 is 0. The molecular weight excluding hydrogens is 216 g/mol. The highest BCUT2D eigenvalue weighted by atomic mass is 16.5. The zero-order chi connectivity index (χ0) is 12.3. The largest absolute Gasteiger partial charge is 0.493 e. The van der Waals surface area contributed by atoms with Gasteiger partial charge in [0, 0.05) is 5.56 Å². The van der Waals surface area contributed by atoms with Crippen LogP contribution < -0.4 is 4.74 Å². The van der Waals surface area contributed by atoms with Crippen molar-refractivity contribution in [1.29, 1.82) is 0 Å². The van der Waals surface area contributed by atoms with E-state index in [4.69, 9.17) is 9.15 Å². The van der Waals surface area contributed by atoms with Gasteiger partial charge in [-0.15, -0.1) is 0 Å². The summed E-state index contributed by atoms with van der Waals surface area (Å²) < 4.78 is 11.0. The van der Waals surface area contributed by atoms with Gasteiger partial charge in [0.2, 0.25) is 0 Å². The third-order valence-corrected chi connectivity index (χ3v) is 2.49. The smallest absolute Gasteiger partial charge is 0.154 e. The van der Waals surface area contributed by atoms with Gasteiger partial charge >= 0.3 is 0 Å². The minimum absolute atomic E-state index is 0.529. The minimum Gasteiger partial charge on any atom is -0.493 e. The molecule has 3 nitrogen and oxygen atoms in total. The molecule has 0 fully saturated rings. The molecule has 88 valence electrons. The summed E-state index contributed by atoms with van der Waals surface area (Å²) in [7, 11) is 0. The summed E-state index contributed by atoms with van der Waals surface area (Å²) in [6.45, 7) is 4.29. The van der Waals surface area contributed by atoms with Crippen molar-refractivity contribution in [1.82, 2.24) is 0 Å². The predicted octanol–water partition coefficient (Wildman–Crippen LogP) is 3.47. The number of carbonyl (C=O) groups is 1. The van der Waals surface area contributed by atoms with Crippen LogP contribution in [0.5, 0.6) is 5.75 Å². The van der Waals surface area contributed by atoms with Crippen LogP contribution in [0.4, 0.5) is 0 Å². The zero-order valence-corrected chi connectivity index (χ0v) is 9.90. The summed E-state index contributed by atoms with van der Waals surface area (Å²) in [6, 6.07) is 9.22. The van der Waals surface area contributed by atoms with E-state index in [0.29, 0.717) is 23.7 Å². The summed E-state index contributed by atoms with van der Waals surface area (Å²) in [5.41, 5.74) is 1.29. The lowest BCUT2D eigenvalue weighted by molar-refractivity contribution is 0.112. The highest BCUT2D eigenvalue weighted by Crippen LogP contribution is 2.30. The average molecular weight is 230 g/mol. The molecular formula is C14H14O3. The lowest BCUT2D eigenvalue weighted by Crippen LogP contribution is -1.97. The average Bonchev–Trinajstić information content (AvgIpc) is 2.76. The van der Waals surface area contributed by atoms with E-state index in [1.807, 2.05) is 38.1 Å². The lowest BCUT2D eigenvalue weighted by atomic mass is 10.1. The third-order valence-electron chi connectivity index (χ3n) is 2.49. The number of rotatable bonds is 4. The van der Waals surface area contributed by atoms with Crippen LogP contribution in [0, 0.1) is 6.92 Å². The monoisotopic (exact) mass is 230 g/mol. The second-order valence-electron chi connectivity index (χ2n) is 3.68. The Morgan fingerprint density at radius 2 is 2.12 bits per heavy atom. The number of aldehydes is 1. The molecule has 0 aliphatic heterocycles. The van der Waals surface area contributed by atoms with Crippen LogP contribution in [0.15, 0.2) is 34.7 Å². The van der Waals surface area contributed by atoms with Gasteiger partial charge in [-0.3, -0.25) is 4.79 Å². The van der Waals surface area contributed by atoms with Crippen LogP contribution in [0.1, 0.15) is 23.0 Å². The fourth-order valence-electron chi connectivity index (χ4n) is 1.74. The van der Waals surface area contributed by atoms with Crippen molar-refractivity contribution in [3.63, 3.8) is 0 Å². The Bertz CT molecular complexity index is 526. The zero-order valence-electron chi connectivity index (χ0n) is 9.90. The van der Waals surface area contributed by atoms with Gasteiger partial charge in [0.1, 0.15) is 17.3 Å². The molecule has 17 heavy (non-hydrogen) atoms. The van der Waals surface area contributed by atoms with Gasteiger partial charge < -0.3 is 9.15 Å². The van der Waals surface area contributed by atoms with Crippen molar-refractivity contribution in [2.75, 3.05) is 6.61 Å². The summed E-state index contributed by atoms with van der Waals surface area (Å²) in [5, 5.41) is 0. The molecule has 1 aromatic carbocycles. The quantitative estimate of drug-likeness (QED) is 0.755. The Kier molecular flexibility index (Phi) is 3.28. The molecule has 0 bridgehead atoms.